The highest BCUT2D eigenvalue weighted by Gasteiger charge is 2.33. The van der Waals surface area contributed by atoms with Crippen molar-refractivity contribution in [1.29, 1.82) is 0 Å². The quantitative estimate of drug-likeness (QED) is 0.610. The van der Waals surface area contributed by atoms with Crippen LogP contribution in [0.25, 0.3) is 11.1 Å². The summed E-state index contributed by atoms with van der Waals surface area (Å²) in [6.07, 6.45) is 1.65. The first-order valence-electron chi connectivity index (χ1n) is 9.41. The zero-order valence-electron chi connectivity index (χ0n) is 15.5. The van der Waals surface area contributed by atoms with Crippen LogP contribution in [-0.2, 0) is 4.79 Å². The topological polar surface area (TPSA) is 118 Å². The molecule has 0 saturated carbocycles. The number of piperidine rings is 1. The highest BCUT2D eigenvalue weighted by atomic mass is 32.1. The Morgan fingerprint density at radius 3 is 2.82 bits per heavy atom. The Labute approximate surface area is 167 Å². The predicted octanol–water partition coefficient (Wildman–Crippen LogP) is 1.45. The molecule has 0 spiro atoms. The third kappa shape index (κ3) is 4.44. The van der Waals surface area contributed by atoms with Gasteiger partial charge in [0.1, 0.15) is 0 Å². The molecule has 8 nitrogen and oxygen atoms in total. The van der Waals surface area contributed by atoms with Crippen LogP contribution in [-0.4, -0.2) is 43.2 Å². The second-order valence-electron chi connectivity index (χ2n) is 6.92. The zero-order valence-corrected chi connectivity index (χ0v) is 16.3. The summed E-state index contributed by atoms with van der Waals surface area (Å²) in [5, 5.41) is 21.3. The summed E-state index contributed by atoms with van der Waals surface area (Å²) in [4.78, 5) is 16.5. The first-order chi connectivity index (χ1) is 13.7. The van der Waals surface area contributed by atoms with Crippen LogP contribution in [0.15, 0.2) is 57.0 Å². The zero-order chi connectivity index (χ0) is 19.3. The van der Waals surface area contributed by atoms with E-state index in [1.54, 1.807) is 11.3 Å². The molecule has 3 heterocycles. The van der Waals surface area contributed by atoms with Gasteiger partial charge in [-0.2, -0.15) is 5.11 Å². The number of hydrogen-bond donors (Lipinski definition) is 4. The lowest BCUT2D eigenvalue weighted by molar-refractivity contribution is -0.307. The van der Waals surface area contributed by atoms with E-state index in [9.17, 15) is 4.79 Å². The maximum atomic E-state index is 11.9. The van der Waals surface area contributed by atoms with Gasteiger partial charge in [0.15, 0.2) is 6.17 Å². The van der Waals surface area contributed by atoms with Crippen LogP contribution in [0.2, 0.25) is 0 Å². The molecule has 1 amide bonds. The molecule has 1 saturated heterocycles. The van der Waals surface area contributed by atoms with Gasteiger partial charge >= 0.3 is 5.91 Å². The number of nitrogens with one attached hydrogen (secondary N) is 3. The van der Waals surface area contributed by atoms with Crippen LogP contribution in [0.4, 0.5) is 5.00 Å². The van der Waals surface area contributed by atoms with Crippen LogP contribution < -0.4 is 21.7 Å². The van der Waals surface area contributed by atoms with Gasteiger partial charge in [0, 0.05) is 18.0 Å². The highest BCUT2D eigenvalue weighted by Crippen LogP contribution is 2.30. The molecule has 1 aromatic carbocycles. The molecule has 0 bridgehead atoms. The van der Waals surface area contributed by atoms with Gasteiger partial charge in [-0.15, -0.1) is 16.5 Å². The Morgan fingerprint density at radius 2 is 2.07 bits per heavy atom. The average molecular weight is 399 g/mol. The minimum atomic E-state index is -0.725. The molecule has 2 aliphatic rings. The molecule has 9 heteroatoms. The maximum absolute atomic E-state index is 11.9. The molecule has 2 aliphatic heterocycles. The lowest BCUT2D eigenvalue weighted by Crippen LogP contribution is -2.65. The Morgan fingerprint density at radius 1 is 1.21 bits per heavy atom. The number of quaternary nitrogens is 1. The molecule has 1 aromatic heterocycles. The number of anilines is 1. The molecule has 146 valence electrons. The second kappa shape index (κ2) is 8.59. The largest absolute Gasteiger partial charge is 0.353 e. The van der Waals surface area contributed by atoms with Crippen molar-refractivity contribution in [3.05, 3.63) is 41.8 Å². The molecule has 1 fully saturated rings. The number of carbonyl (C=O) groups is 1. The lowest BCUT2D eigenvalue weighted by atomic mass is 10.1. The first-order valence-corrected chi connectivity index (χ1v) is 10.3. The molecule has 0 aliphatic carbocycles. The highest BCUT2D eigenvalue weighted by molar-refractivity contribution is 7.14. The van der Waals surface area contributed by atoms with Crippen molar-refractivity contribution in [3.63, 3.8) is 0 Å². The molecule has 3 atom stereocenters. The third-order valence-electron chi connectivity index (χ3n) is 4.79. The van der Waals surface area contributed by atoms with E-state index in [0.29, 0.717) is 5.96 Å². The van der Waals surface area contributed by atoms with E-state index in [0.717, 1.165) is 42.1 Å². The number of hydrogen-bond acceptors (Lipinski definition) is 8. The minimum Gasteiger partial charge on any atom is -0.353 e. The van der Waals surface area contributed by atoms with Gasteiger partial charge in [-0.1, -0.05) is 30.3 Å². The fraction of sp³-hybridized carbons (Fsp3) is 0.368. The number of azo groups is 1. The SMILES string of the molecule is [NH3+]C(=O)C1N=NC(N[C@H]2CCCNC2)=NC1Nc1cc(-c2ccccc2)cs1. The smallest absolute Gasteiger partial charge is 0.339 e. The van der Waals surface area contributed by atoms with E-state index in [1.807, 2.05) is 18.2 Å². The fourth-order valence-corrected chi connectivity index (χ4v) is 4.17. The Balaban J connectivity index is 1.49. The lowest BCUT2D eigenvalue weighted by Gasteiger charge is -2.26. The summed E-state index contributed by atoms with van der Waals surface area (Å²) in [6.45, 7) is 1.91. The third-order valence-corrected chi connectivity index (χ3v) is 5.66. The molecule has 2 unspecified atom stereocenters. The molecule has 28 heavy (non-hydrogen) atoms. The van der Waals surface area contributed by atoms with Gasteiger partial charge in [-0.25, -0.2) is 9.79 Å². The monoisotopic (exact) mass is 398 g/mol. The van der Waals surface area contributed by atoms with E-state index in [-0.39, 0.29) is 11.9 Å². The summed E-state index contributed by atoms with van der Waals surface area (Å²) in [6, 6.07) is 11.8. The van der Waals surface area contributed by atoms with Crippen LogP contribution in [0.3, 0.4) is 0 Å². The van der Waals surface area contributed by atoms with Crippen LogP contribution >= 0.6 is 11.3 Å². The maximum Gasteiger partial charge on any atom is 0.339 e. The second-order valence-corrected chi connectivity index (χ2v) is 7.83. The number of rotatable bonds is 5. The van der Waals surface area contributed by atoms with Gasteiger partial charge in [-0.3, -0.25) is 5.73 Å². The molecular formula is C19H24N7OS+. The van der Waals surface area contributed by atoms with Crippen molar-refractivity contribution >= 4 is 28.2 Å². The summed E-state index contributed by atoms with van der Waals surface area (Å²) in [5.41, 5.74) is 5.79. The Bertz CT molecular complexity index is 873. The van der Waals surface area contributed by atoms with Crippen LogP contribution in [0, 0.1) is 0 Å². The van der Waals surface area contributed by atoms with Gasteiger partial charge in [0.2, 0.25) is 12.0 Å². The van der Waals surface area contributed by atoms with Crippen LogP contribution in [0.1, 0.15) is 12.8 Å². The van der Waals surface area contributed by atoms with Crippen molar-refractivity contribution < 1.29 is 10.5 Å². The Hall–Kier alpha value is -2.62. The van der Waals surface area contributed by atoms with E-state index in [4.69, 9.17) is 0 Å². The summed E-state index contributed by atoms with van der Waals surface area (Å²) in [7, 11) is 0. The average Bonchev–Trinajstić information content (AvgIpc) is 3.18. The van der Waals surface area contributed by atoms with E-state index in [2.05, 4.69) is 60.5 Å². The normalized spacial score (nSPS) is 24.5. The summed E-state index contributed by atoms with van der Waals surface area (Å²) < 4.78 is 0. The van der Waals surface area contributed by atoms with Crippen molar-refractivity contribution in [2.45, 2.75) is 31.1 Å². The summed E-state index contributed by atoms with van der Waals surface area (Å²) >= 11 is 1.57. The van der Waals surface area contributed by atoms with Crippen molar-refractivity contribution in [3.8, 4) is 11.1 Å². The van der Waals surface area contributed by atoms with E-state index in [1.165, 1.54) is 0 Å². The molecule has 0 radical (unpaired) electrons. The van der Waals surface area contributed by atoms with E-state index >= 15 is 0 Å². The Kier molecular flexibility index (Phi) is 5.75. The van der Waals surface area contributed by atoms with Gasteiger partial charge in [0.05, 0.1) is 5.00 Å². The molecule has 2 aromatic rings. The molecule has 4 rings (SSSR count). The number of carbonyl (C=O) groups excluding carboxylic acids is 1. The van der Waals surface area contributed by atoms with Crippen molar-refractivity contribution in [1.82, 2.24) is 10.6 Å². The standard InChI is InChI=1S/C19H23N7OS/c20-17(27)16-18(24-19(26-25-16)22-14-7-4-8-21-10-14)23-15-9-13(11-28-15)12-5-2-1-3-6-12/h1-3,5-6,9,11,14,16,18,21,23H,4,7-8,10H2,(H2,20,27)(H,22,24)/p+1/t14-,16?,18?/m0/s1. The minimum absolute atomic E-state index is 0.269. The number of nitrogens with zero attached hydrogens (tertiary/aromatic N) is 3. The van der Waals surface area contributed by atoms with Gasteiger partial charge < -0.3 is 16.0 Å². The number of benzene rings is 1. The van der Waals surface area contributed by atoms with Gasteiger partial charge in [0.25, 0.3) is 0 Å². The summed E-state index contributed by atoms with van der Waals surface area (Å²) in [5.74, 6) is 0.159. The van der Waals surface area contributed by atoms with Crippen molar-refractivity contribution in [2.24, 2.45) is 15.2 Å². The number of guanidine groups is 1. The van der Waals surface area contributed by atoms with E-state index < -0.39 is 12.2 Å². The molecular weight excluding hydrogens is 374 g/mol. The van der Waals surface area contributed by atoms with Gasteiger partial charge in [-0.05, 0) is 36.6 Å². The van der Waals surface area contributed by atoms with Crippen LogP contribution in [0.5, 0.6) is 0 Å². The number of aliphatic imine (C=N–C) groups is 1. The molecule has 6 N–H and O–H groups in total. The number of thiophene rings is 1. The predicted molar refractivity (Wildman–Crippen MR) is 110 cm³/mol. The van der Waals surface area contributed by atoms with Crippen molar-refractivity contribution in [2.75, 3.05) is 18.4 Å². The number of amides is 1. The first kappa shape index (κ1) is 18.7. The fourth-order valence-electron chi connectivity index (χ4n) is 3.32.